The Morgan fingerprint density at radius 3 is 2.56 bits per heavy atom. The molecule has 0 unspecified atom stereocenters. The van der Waals surface area contributed by atoms with Crippen LogP contribution in [0.15, 0.2) is 24.3 Å². The van der Waals surface area contributed by atoms with E-state index in [1.54, 1.807) is 23.7 Å². The number of aromatic carboxylic acids is 1. The minimum Gasteiger partial charge on any atom is -0.477 e. The summed E-state index contributed by atoms with van der Waals surface area (Å²) in [7, 11) is 3.52. The Morgan fingerprint density at radius 2 is 1.89 bits per heavy atom. The van der Waals surface area contributed by atoms with Crippen LogP contribution in [-0.2, 0) is 14.1 Å². The van der Waals surface area contributed by atoms with E-state index in [2.05, 4.69) is 0 Å². The first kappa shape index (κ1) is 10.8. The van der Waals surface area contributed by atoms with Crippen LogP contribution in [0.1, 0.15) is 10.5 Å². The van der Waals surface area contributed by atoms with Crippen molar-refractivity contribution in [2.45, 2.75) is 0 Å². The van der Waals surface area contributed by atoms with Gasteiger partial charge in [0.15, 0.2) is 0 Å². The van der Waals surface area contributed by atoms with Gasteiger partial charge in [-0.15, -0.1) is 0 Å². The van der Waals surface area contributed by atoms with Gasteiger partial charge in [-0.3, -0.25) is 0 Å². The molecule has 0 saturated carbocycles. The van der Waals surface area contributed by atoms with Gasteiger partial charge in [-0.2, -0.15) is 0 Å². The smallest absolute Gasteiger partial charge is 0.352 e. The number of aromatic nitrogens is 2. The predicted octanol–water partition coefficient (Wildman–Crippen LogP) is 2.51. The van der Waals surface area contributed by atoms with E-state index < -0.39 is 5.97 Å². The summed E-state index contributed by atoms with van der Waals surface area (Å²) in [5, 5.41) is 9.82. The van der Waals surface area contributed by atoms with Gasteiger partial charge >= 0.3 is 5.97 Å². The average molecular weight is 246 g/mol. The quantitative estimate of drug-likeness (QED) is 0.717. The monoisotopic (exact) mass is 246 g/mol. The number of carboxylic acids is 1. The number of hydrogen-bond acceptors (Lipinski definition) is 1. The van der Waals surface area contributed by atoms with Crippen molar-refractivity contribution in [3.8, 4) is 0 Å². The number of aryl methyl sites for hydroxylation is 2. The van der Waals surface area contributed by atoms with Crippen molar-refractivity contribution in [2.24, 2.45) is 14.1 Å². The zero-order chi connectivity index (χ0) is 13.0. The molecule has 3 aromatic rings. The summed E-state index contributed by atoms with van der Waals surface area (Å²) in [6.07, 6.45) is 0. The molecule has 0 amide bonds. The summed E-state index contributed by atoms with van der Waals surface area (Å²) < 4.78 is 16.8. The third kappa shape index (κ3) is 1.21. The fourth-order valence-corrected chi connectivity index (χ4v) is 2.49. The second kappa shape index (κ2) is 3.35. The molecular formula is C13H11FN2O2. The van der Waals surface area contributed by atoms with E-state index in [9.17, 15) is 9.18 Å². The highest BCUT2D eigenvalue weighted by Crippen LogP contribution is 2.30. The van der Waals surface area contributed by atoms with Crippen LogP contribution in [0.25, 0.3) is 21.9 Å². The first-order valence-electron chi connectivity index (χ1n) is 5.47. The van der Waals surface area contributed by atoms with Crippen molar-refractivity contribution in [2.75, 3.05) is 0 Å². The van der Waals surface area contributed by atoms with Crippen LogP contribution in [0.3, 0.4) is 0 Å². The molecule has 0 saturated heterocycles. The summed E-state index contributed by atoms with van der Waals surface area (Å²) in [5.41, 5.74) is 2.61. The van der Waals surface area contributed by atoms with Crippen LogP contribution in [0.2, 0.25) is 0 Å². The minimum absolute atomic E-state index is 0.196. The maximum absolute atomic E-state index is 13.3. The molecule has 0 aliphatic heterocycles. The molecule has 1 aromatic carbocycles. The maximum atomic E-state index is 13.3. The number of fused-ring (bicyclic) bond motifs is 3. The standard InChI is InChI=1S/C13H11FN2O2/c1-15-9-4-3-7(14)5-8(9)12-10(15)6-11(13(17)18)16(12)2/h3-6H,1-2H3,(H,17,18). The molecular weight excluding hydrogens is 235 g/mol. The molecule has 18 heavy (non-hydrogen) atoms. The van der Waals surface area contributed by atoms with Gasteiger partial charge in [0.1, 0.15) is 11.5 Å². The van der Waals surface area contributed by atoms with E-state index in [1.165, 1.54) is 12.1 Å². The fraction of sp³-hybridized carbons (Fsp3) is 0.154. The Bertz CT molecular complexity index is 798. The Labute approximate surface area is 102 Å². The van der Waals surface area contributed by atoms with Crippen molar-refractivity contribution in [3.63, 3.8) is 0 Å². The van der Waals surface area contributed by atoms with Crippen molar-refractivity contribution >= 4 is 27.9 Å². The molecule has 2 aromatic heterocycles. The number of halogens is 1. The number of carbonyl (C=O) groups is 1. The van der Waals surface area contributed by atoms with Crippen molar-refractivity contribution in [3.05, 3.63) is 35.8 Å². The minimum atomic E-state index is -0.988. The van der Waals surface area contributed by atoms with Gasteiger partial charge in [-0.1, -0.05) is 0 Å². The molecule has 2 heterocycles. The lowest BCUT2D eigenvalue weighted by molar-refractivity contribution is 0.0687. The van der Waals surface area contributed by atoms with Crippen LogP contribution in [0.5, 0.6) is 0 Å². The summed E-state index contributed by atoms with van der Waals surface area (Å²) in [6.45, 7) is 0. The zero-order valence-electron chi connectivity index (χ0n) is 9.94. The zero-order valence-corrected chi connectivity index (χ0v) is 9.94. The Morgan fingerprint density at radius 1 is 1.17 bits per heavy atom. The van der Waals surface area contributed by atoms with E-state index in [-0.39, 0.29) is 11.5 Å². The molecule has 0 radical (unpaired) electrons. The first-order valence-corrected chi connectivity index (χ1v) is 5.47. The van der Waals surface area contributed by atoms with Gasteiger partial charge in [0, 0.05) is 19.5 Å². The third-order valence-corrected chi connectivity index (χ3v) is 3.37. The summed E-state index contributed by atoms with van der Waals surface area (Å²) >= 11 is 0. The lowest BCUT2D eigenvalue weighted by atomic mass is 10.2. The Balaban J connectivity index is 2.55. The Kier molecular flexibility index (Phi) is 2.02. The molecule has 0 atom stereocenters. The molecule has 0 aliphatic rings. The highest BCUT2D eigenvalue weighted by Gasteiger charge is 2.18. The predicted molar refractivity (Wildman–Crippen MR) is 66.3 cm³/mol. The SMILES string of the molecule is Cn1c(C(=O)O)cc2c1c1cc(F)ccc1n2C. The topological polar surface area (TPSA) is 47.2 Å². The van der Waals surface area contributed by atoms with E-state index in [0.29, 0.717) is 0 Å². The van der Waals surface area contributed by atoms with Crippen LogP contribution < -0.4 is 0 Å². The molecule has 4 nitrogen and oxygen atoms in total. The molecule has 5 heteroatoms. The van der Waals surface area contributed by atoms with Crippen LogP contribution in [0, 0.1) is 5.82 Å². The fourth-order valence-electron chi connectivity index (χ4n) is 2.49. The van der Waals surface area contributed by atoms with Crippen LogP contribution in [-0.4, -0.2) is 20.2 Å². The number of hydrogen-bond donors (Lipinski definition) is 1. The average Bonchev–Trinajstić information content (AvgIpc) is 2.77. The number of nitrogens with zero attached hydrogens (tertiary/aromatic N) is 2. The van der Waals surface area contributed by atoms with Gasteiger partial charge < -0.3 is 14.2 Å². The summed E-state index contributed by atoms with van der Waals surface area (Å²) in [4.78, 5) is 11.1. The molecule has 0 spiro atoms. The number of rotatable bonds is 1. The first-order chi connectivity index (χ1) is 8.50. The van der Waals surface area contributed by atoms with Crippen LogP contribution in [0.4, 0.5) is 4.39 Å². The second-order valence-electron chi connectivity index (χ2n) is 4.35. The number of carboxylic acid groups (broad SMARTS) is 1. The lowest BCUT2D eigenvalue weighted by Gasteiger charge is -2.00. The van der Waals surface area contributed by atoms with Crippen molar-refractivity contribution in [1.29, 1.82) is 0 Å². The maximum Gasteiger partial charge on any atom is 0.352 e. The van der Waals surface area contributed by atoms with E-state index >= 15 is 0 Å². The summed E-state index contributed by atoms with van der Waals surface area (Å²) in [5.74, 6) is -1.31. The van der Waals surface area contributed by atoms with Crippen molar-refractivity contribution < 1.29 is 14.3 Å². The largest absolute Gasteiger partial charge is 0.477 e. The molecule has 92 valence electrons. The van der Waals surface area contributed by atoms with Gasteiger partial charge in [0.2, 0.25) is 0 Å². The van der Waals surface area contributed by atoms with Crippen LogP contribution >= 0.6 is 0 Å². The van der Waals surface area contributed by atoms with Gasteiger partial charge in [0.25, 0.3) is 0 Å². The third-order valence-electron chi connectivity index (χ3n) is 3.37. The van der Waals surface area contributed by atoms with Gasteiger partial charge in [0.05, 0.1) is 16.6 Å². The molecule has 0 bridgehead atoms. The van der Waals surface area contributed by atoms with Crippen molar-refractivity contribution in [1.82, 2.24) is 9.13 Å². The van der Waals surface area contributed by atoms with E-state index in [4.69, 9.17) is 5.11 Å². The Hall–Kier alpha value is -2.30. The molecule has 0 aliphatic carbocycles. The van der Waals surface area contributed by atoms with Gasteiger partial charge in [-0.25, -0.2) is 9.18 Å². The highest BCUT2D eigenvalue weighted by molar-refractivity contribution is 6.09. The van der Waals surface area contributed by atoms with Gasteiger partial charge in [-0.05, 0) is 24.3 Å². The summed E-state index contributed by atoms with van der Waals surface area (Å²) in [6, 6.07) is 6.14. The molecule has 3 rings (SSSR count). The van der Waals surface area contributed by atoms with E-state index in [1.807, 2.05) is 11.6 Å². The highest BCUT2D eigenvalue weighted by atomic mass is 19.1. The normalized spacial score (nSPS) is 11.5. The lowest BCUT2D eigenvalue weighted by Crippen LogP contribution is -2.03. The number of benzene rings is 1. The second-order valence-corrected chi connectivity index (χ2v) is 4.35. The molecule has 0 fully saturated rings. The molecule has 1 N–H and O–H groups in total. The van der Waals surface area contributed by atoms with E-state index in [0.717, 1.165) is 21.9 Å².